The van der Waals surface area contributed by atoms with Gasteiger partial charge >= 0.3 is 0 Å². The fourth-order valence-corrected chi connectivity index (χ4v) is 0. The zero-order chi connectivity index (χ0) is 2.00. The zero-order valence-electron chi connectivity index (χ0n) is 3.00. The number of hydrogen-bond acceptors (Lipinski definition) is 0. The summed E-state index contributed by atoms with van der Waals surface area (Å²) in [5, 5.41) is 0. The minimum Gasteiger partial charge on any atom is -0.0927 e. The first-order valence-electron chi connectivity index (χ1n) is 1.00. The molecule has 5 heavy (non-hydrogen) atoms. The largest absolute Gasteiger partial charge is 0.187 e. The van der Waals surface area contributed by atoms with Gasteiger partial charge < -0.3 is 0 Å². The van der Waals surface area contributed by atoms with Crippen LogP contribution >= 0.6 is 0 Å². The van der Waals surface area contributed by atoms with E-state index in [1.165, 1.54) is 0 Å². The molecule has 0 bridgehead atoms. The van der Waals surface area contributed by atoms with Gasteiger partial charge in [0.1, 0.15) is 0 Å². The minimum atomic E-state index is 0. The van der Waals surface area contributed by atoms with Crippen molar-refractivity contribution in [3.8, 4) is 0 Å². The van der Waals surface area contributed by atoms with Gasteiger partial charge in [0.2, 0.25) is 0 Å². The van der Waals surface area contributed by atoms with E-state index >= 15 is 0 Å². The first-order chi connectivity index (χ1) is 1.00. The Morgan fingerprint density at radius 3 is 1.20 bits per heavy atom. The Morgan fingerprint density at radius 2 is 1.20 bits per heavy atom. The van der Waals surface area contributed by atoms with Crippen LogP contribution in [0.15, 0.2) is 0 Å². The smallest absolute Gasteiger partial charge is 0.0927 e. The molecule has 0 heterocycles. The summed E-state index contributed by atoms with van der Waals surface area (Å²) in [6, 6.07) is 0. The Labute approximate surface area is 79.0 Å². The van der Waals surface area contributed by atoms with Crippen LogP contribution in [-0.4, -0.2) is 25.2 Å². The molecule has 0 amide bonds. The van der Waals surface area contributed by atoms with Gasteiger partial charge in [-0.2, -0.15) is 0 Å². The fraction of sp³-hybridized carbons (Fsp3) is 1.00. The van der Waals surface area contributed by atoms with Crippen LogP contribution in [0, 0.1) is 0 Å². The molecule has 0 saturated carbocycles. The second kappa shape index (κ2) is 34.7. The van der Waals surface area contributed by atoms with E-state index < -0.39 is 0 Å². The summed E-state index contributed by atoms with van der Waals surface area (Å²) in [6.45, 7) is 2.00. The molecule has 0 rings (SSSR count). The van der Waals surface area contributed by atoms with Crippen molar-refractivity contribution in [2.45, 2.75) is 6.82 Å². The van der Waals surface area contributed by atoms with Gasteiger partial charge in [0, 0.05) is 47.9 Å². The van der Waals surface area contributed by atoms with E-state index in [-0.39, 0.29) is 65.3 Å². The van der Waals surface area contributed by atoms with Crippen molar-refractivity contribution >= 4 is 25.2 Å². The maximum atomic E-state index is 2.00. The van der Waals surface area contributed by atoms with Gasteiger partial charge in [-0.05, 0) is 0 Å². The molecule has 0 saturated heterocycles. The van der Waals surface area contributed by atoms with E-state index in [1.54, 1.807) is 0 Å². The summed E-state index contributed by atoms with van der Waals surface area (Å²) in [5.74, 6) is 0. The molecule has 0 aliphatic heterocycles. The number of rotatable bonds is 0. The summed E-state index contributed by atoms with van der Waals surface area (Å²) in [4.78, 5) is 0. The van der Waals surface area contributed by atoms with Gasteiger partial charge in [0.25, 0.3) is 0 Å². The molecule has 0 aromatic rings. The molecule has 0 spiro atoms. The Balaban J connectivity index is -0.00000000167. The second-order valence-electron chi connectivity index (χ2n) is 0. The van der Waals surface area contributed by atoms with E-state index in [9.17, 15) is 0 Å². The van der Waals surface area contributed by atoms with Crippen molar-refractivity contribution < 1.29 is 47.9 Å². The molecule has 0 aliphatic carbocycles. The average molecular weight is 197 g/mol. The summed E-state index contributed by atoms with van der Waals surface area (Å²) >= 11 is 0. The first-order valence-corrected chi connectivity index (χ1v) is 1.00. The third-order valence-corrected chi connectivity index (χ3v) is 0. The summed E-state index contributed by atoms with van der Waals surface area (Å²) in [5.41, 5.74) is 0. The summed E-state index contributed by atoms with van der Waals surface area (Å²) in [7, 11) is 2.00. The molecule has 0 unspecified atom stereocenters. The predicted octanol–water partition coefficient (Wildman–Crippen LogP) is -1.52. The van der Waals surface area contributed by atoms with Crippen molar-refractivity contribution in [1.29, 1.82) is 0 Å². The molecule has 0 aromatic carbocycles. The van der Waals surface area contributed by atoms with Gasteiger partial charge in [-0.15, -0.1) is 0 Å². The Kier molecular flexibility index (Phi) is 188. The van der Waals surface area contributed by atoms with Gasteiger partial charge in [-0.25, -0.2) is 0 Å². The van der Waals surface area contributed by atoms with E-state index in [2.05, 4.69) is 0 Å². The number of hydrogen-bond donors (Lipinski definition) is 0. The van der Waals surface area contributed by atoms with Crippen molar-refractivity contribution in [3.63, 3.8) is 0 Å². The van der Waals surface area contributed by atoms with Crippen molar-refractivity contribution in [2.75, 3.05) is 0 Å². The quantitative estimate of drug-likeness (QED) is 0.413. The molecule has 0 atom stereocenters. The molecular weight excluding hydrogens is 189 g/mol. The van der Waals surface area contributed by atoms with Crippen LogP contribution in [0.3, 0.4) is 0 Å². The van der Waals surface area contributed by atoms with E-state index in [1.807, 2.05) is 14.7 Å². The Hall–Kier alpha value is 2.19. The molecular formula is CH8AlBTiZr. The third kappa shape index (κ3) is 22.6. The van der Waals surface area contributed by atoms with E-state index in [4.69, 9.17) is 0 Å². The van der Waals surface area contributed by atoms with Crippen LogP contribution in [0.25, 0.3) is 0 Å². The molecule has 0 N–H and O–H groups in total. The standard InChI is InChI=1S/CH5B.Al.Ti.Zr.3H/c1-2;;;;;;/h2H2,1H3;;;;;;. The first kappa shape index (κ1) is 27.1. The average Bonchev–Trinajstić information content (AvgIpc) is 1.00. The van der Waals surface area contributed by atoms with Crippen LogP contribution in [-0.2, 0) is 47.9 Å². The summed E-state index contributed by atoms with van der Waals surface area (Å²) < 4.78 is 0. The van der Waals surface area contributed by atoms with Gasteiger partial charge in [0.15, 0.2) is 17.4 Å². The maximum absolute atomic E-state index is 2.00. The maximum Gasteiger partial charge on any atom is 0.187 e. The third-order valence-electron chi connectivity index (χ3n) is 0. The Bertz CT molecular complexity index is 11.6. The monoisotopic (exact) mass is 196 g/mol. The molecule has 0 fully saturated rings. The van der Waals surface area contributed by atoms with Gasteiger partial charge in [-0.3, -0.25) is 0 Å². The molecule has 0 radical (unpaired) electrons. The van der Waals surface area contributed by atoms with E-state index in [0.717, 1.165) is 0 Å². The SMILES string of the molecule is BC.[AlH3].[Ti].[Zr]. The fourth-order valence-electron chi connectivity index (χ4n) is 0. The molecule has 4 heteroatoms. The molecule has 0 nitrogen and oxygen atoms in total. The van der Waals surface area contributed by atoms with E-state index in [0.29, 0.717) is 0 Å². The predicted molar refractivity (Wildman–Crippen MR) is 24.3 cm³/mol. The second-order valence-corrected chi connectivity index (χ2v) is 0. The van der Waals surface area contributed by atoms with Crippen LogP contribution in [0.4, 0.5) is 0 Å². The molecule has 0 aromatic heterocycles. The zero-order valence-corrected chi connectivity index (χ0v) is 7.02. The minimum absolute atomic E-state index is 0. The van der Waals surface area contributed by atoms with Crippen molar-refractivity contribution in [2.24, 2.45) is 0 Å². The molecule has 26 valence electrons. The van der Waals surface area contributed by atoms with Crippen LogP contribution < -0.4 is 0 Å². The summed E-state index contributed by atoms with van der Waals surface area (Å²) in [6.07, 6.45) is 0. The van der Waals surface area contributed by atoms with Crippen molar-refractivity contribution in [3.05, 3.63) is 0 Å². The Morgan fingerprint density at radius 1 is 1.20 bits per heavy atom. The van der Waals surface area contributed by atoms with Crippen molar-refractivity contribution in [1.82, 2.24) is 0 Å². The van der Waals surface area contributed by atoms with Crippen LogP contribution in [0.5, 0.6) is 0 Å². The van der Waals surface area contributed by atoms with Crippen LogP contribution in [0.2, 0.25) is 6.82 Å². The molecule has 0 aliphatic rings. The normalized spacial score (nSPS) is 1.00. The van der Waals surface area contributed by atoms with Gasteiger partial charge in [-0.1, -0.05) is 6.82 Å². The van der Waals surface area contributed by atoms with Gasteiger partial charge in [0.05, 0.1) is 7.85 Å². The van der Waals surface area contributed by atoms with Crippen LogP contribution in [0.1, 0.15) is 0 Å². The topological polar surface area (TPSA) is 0 Å².